The summed E-state index contributed by atoms with van der Waals surface area (Å²) in [5.41, 5.74) is 0.239. The molecule has 0 spiro atoms. The summed E-state index contributed by atoms with van der Waals surface area (Å²) >= 11 is 1.33. The lowest BCUT2D eigenvalue weighted by molar-refractivity contribution is -0.121. The van der Waals surface area contributed by atoms with Crippen LogP contribution in [-0.2, 0) is 17.8 Å². The van der Waals surface area contributed by atoms with Crippen molar-refractivity contribution >= 4 is 17.7 Å². The van der Waals surface area contributed by atoms with Gasteiger partial charge in [-0.25, -0.2) is 0 Å². The summed E-state index contributed by atoms with van der Waals surface area (Å²) in [5.74, 6) is 0.631. The molecule has 0 aliphatic rings. The summed E-state index contributed by atoms with van der Waals surface area (Å²) in [6, 6.07) is 12.3. The van der Waals surface area contributed by atoms with Gasteiger partial charge in [0, 0.05) is 13.0 Å². The third kappa shape index (κ3) is 5.23. The van der Waals surface area contributed by atoms with Crippen molar-refractivity contribution in [1.82, 2.24) is 20.1 Å². The molecule has 148 valence electrons. The van der Waals surface area contributed by atoms with Crippen LogP contribution >= 0.6 is 11.8 Å². The topological polar surface area (TPSA) is 83.6 Å². The summed E-state index contributed by atoms with van der Waals surface area (Å²) in [4.78, 5) is 12.6. The summed E-state index contributed by atoms with van der Waals surface area (Å²) < 4.78 is 1.97. The van der Waals surface area contributed by atoms with Gasteiger partial charge >= 0.3 is 0 Å². The van der Waals surface area contributed by atoms with Crippen molar-refractivity contribution in [1.29, 1.82) is 5.26 Å². The predicted molar refractivity (Wildman–Crippen MR) is 112 cm³/mol. The van der Waals surface area contributed by atoms with E-state index in [1.807, 2.05) is 55.7 Å². The van der Waals surface area contributed by atoms with E-state index in [1.54, 1.807) is 13.0 Å². The van der Waals surface area contributed by atoms with E-state index in [1.165, 1.54) is 11.8 Å². The van der Waals surface area contributed by atoms with Crippen LogP contribution in [0.2, 0.25) is 0 Å². The third-order valence-electron chi connectivity index (χ3n) is 4.73. The largest absolute Gasteiger partial charge is 0.337 e. The van der Waals surface area contributed by atoms with E-state index in [0.29, 0.717) is 18.1 Å². The minimum atomic E-state index is -0.904. The quantitative estimate of drug-likeness (QED) is 0.516. The number of allylic oxidation sites excluding steroid dienone is 1. The van der Waals surface area contributed by atoms with Gasteiger partial charge in [0.2, 0.25) is 5.91 Å². The summed E-state index contributed by atoms with van der Waals surface area (Å²) in [5, 5.41) is 21.1. The van der Waals surface area contributed by atoms with E-state index in [2.05, 4.69) is 28.2 Å². The first-order valence-electron chi connectivity index (χ1n) is 9.27. The van der Waals surface area contributed by atoms with Gasteiger partial charge in [0.25, 0.3) is 0 Å². The van der Waals surface area contributed by atoms with E-state index in [0.717, 1.165) is 11.4 Å². The van der Waals surface area contributed by atoms with Crippen molar-refractivity contribution in [3.05, 3.63) is 54.4 Å². The fourth-order valence-corrected chi connectivity index (χ4v) is 3.38. The zero-order valence-corrected chi connectivity index (χ0v) is 17.7. The molecule has 1 aromatic carbocycles. The van der Waals surface area contributed by atoms with Gasteiger partial charge in [0.05, 0.1) is 11.3 Å². The molecule has 0 saturated carbocycles. The van der Waals surface area contributed by atoms with Crippen LogP contribution in [0, 0.1) is 17.2 Å². The van der Waals surface area contributed by atoms with Crippen molar-refractivity contribution in [3.8, 4) is 6.07 Å². The van der Waals surface area contributed by atoms with E-state index in [9.17, 15) is 10.1 Å². The Balaban J connectivity index is 2.15. The average Bonchev–Trinajstić information content (AvgIpc) is 3.04. The first kappa shape index (κ1) is 21.7. The highest BCUT2D eigenvalue weighted by Gasteiger charge is 2.32. The average molecular weight is 398 g/mol. The van der Waals surface area contributed by atoms with Gasteiger partial charge in [-0.15, -0.1) is 16.8 Å². The SMILES string of the molecule is C=CCn1c(Cc2ccccc2)nnc1SC(C)C(=O)NC(C)(C#N)C(C)C. The highest BCUT2D eigenvalue weighted by atomic mass is 32.2. The molecule has 0 radical (unpaired) electrons. The number of carbonyl (C=O) groups excluding carboxylic acids is 1. The molecule has 1 aromatic heterocycles. The Morgan fingerprint density at radius 1 is 1.36 bits per heavy atom. The van der Waals surface area contributed by atoms with Crippen LogP contribution in [0.25, 0.3) is 0 Å². The minimum Gasteiger partial charge on any atom is -0.337 e. The molecular formula is C21H27N5OS. The summed E-state index contributed by atoms with van der Waals surface area (Å²) in [6.07, 6.45) is 2.45. The lowest BCUT2D eigenvalue weighted by Crippen LogP contribution is -2.51. The maximum Gasteiger partial charge on any atom is 0.234 e. The number of aromatic nitrogens is 3. The number of nitrogens with one attached hydrogen (secondary N) is 1. The Kier molecular flexibility index (Phi) is 7.41. The highest BCUT2D eigenvalue weighted by Crippen LogP contribution is 2.25. The normalized spacial score (nSPS) is 14.1. The van der Waals surface area contributed by atoms with Crippen molar-refractivity contribution in [3.63, 3.8) is 0 Å². The van der Waals surface area contributed by atoms with Gasteiger partial charge in [-0.1, -0.05) is 62.0 Å². The lowest BCUT2D eigenvalue weighted by atomic mass is 9.90. The van der Waals surface area contributed by atoms with Crippen LogP contribution < -0.4 is 5.32 Å². The maximum absolute atomic E-state index is 12.6. The van der Waals surface area contributed by atoms with Crippen molar-refractivity contribution in [2.45, 2.75) is 56.6 Å². The smallest absolute Gasteiger partial charge is 0.234 e. The zero-order chi connectivity index (χ0) is 20.7. The number of hydrogen-bond donors (Lipinski definition) is 1. The Bertz CT molecular complexity index is 855. The second kappa shape index (κ2) is 9.56. The predicted octanol–water partition coefficient (Wildman–Crippen LogP) is 3.59. The highest BCUT2D eigenvalue weighted by molar-refractivity contribution is 8.00. The van der Waals surface area contributed by atoms with Gasteiger partial charge < -0.3 is 9.88 Å². The number of nitriles is 1. The molecule has 28 heavy (non-hydrogen) atoms. The molecule has 0 bridgehead atoms. The van der Waals surface area contributed by atoms with E-state index < -0.39 is 10.8 Å². The van der Waals surface area contributed by atoms with Crippen molar-refractivity contribution in [2.24, 2.45) is 5.92 Å². The molecule has 1 heterocycles. The number of benzene rings is 1. The molecule has 6 nitrogen and oxygen atoms in total. The molecule has 1 amide bonds. The Morgan fingerprint density at radius 3 is 2.61 bits per heavy atom. The molecule has 1 N–H and O–H groups in total. The lowest BCUT2D eigenvalue weighted by Gasteiger charge is -2.28. The van der Waals surface area contributed by atoms with E-state index in [-0.39, 0.29) is 11.8 Å². The Hall–Kier alpha value is -2.59. The van der Waals surface area contributed by atoms with Gasteiger partial charge in [0.15, 0.2) is 5.16 Å². The summed E-state index contributed by atoms with van der Waals surface area (Å²) in [6.45, 7) is 11.8. The molecule has 0 saturated heterocycles. The molecule has 0 aliphatic heterocycles. The molecule has 0 aliphatic carbocycles. The number of rotatable bonds is 9. The number of carbonyl (C=O) groups is 1. The maximum atomic E-state index is 12.6. The van der Waals surface area contributed by atoms with Gasteiger partial charge in [-0.05, 0) is 25.3 Å². The molecule has 2 unspecified atom stereocenters. The molecular weight excluding hydrogens is 370 g/mol. The van der Waals surface area contributed by atoms with Crippen LogP contribution in [0.15, 0.2) is 48.1 Å². The Labute approximate surface area is 171 Å². The second-order valence-electron chi connectivity index (χ2n) is 7.18. The molecule has 2 aromatic rings. The third-order valence-corrected chi connectivity index (χ3v) is 5.81. The van der Waals surface area contributed by atoms with Crippen LogP contribution in [0.5, 0.6) is 0 Å². The first-order valence-corrected chi connectivity index (χ1v) is 10.2. The molecule has 0 fully saturated rings. The van der Waals surface area contributed by atoms with E-state index in [4.69, 9.17) is 0 Å². The van der Waals surface area contributed by atoms with E-state index >= 15 is 0 Å². The standard InChI is InChI=1S/C21H27N5OS/c1-6-12-26-18(13-17-10-8-7-9-11-17)24-25-20(26)28-16(4)19(27)23-21(5,14-22)15(2)3/h6-11,15-16H,1,12-13H2,2-5H3,(H,23,27). The number of thioether (sulfide) groups is 1. The second-order valence-corrected chi connectivity index (χ2v) is 8.49. The van der Waals surface area contributed by atoms with Gasteiger partial charge in [0.1, 0.15) is 11.4 Å². The van der Waals surface area contributed by atoms with Crippen molar-refractivity contribution < 1.29 is 4.79 Å². The minimum absolute atomic E-state index is 0.000503. The first-order chi connectivity index (χ1) is 13.3. The summed E-state index contributed by atoms with van der Waals surface area (Å²) in [7, 11) is 0. The fraction of sp³-hybridized carbons (Fsp3) is 0.429. The number of nitrogens with zero attached hydrogens (tertiary/aromatic N) is 4. The molecule has 2 rings (SSSR count). The fourth-order valence-electron chi connectivity index (χ4n) is 2.50. The monoisotopic (exact) mass is 397 g/mol. The molecule has 7 heteroatoms. The van der Waals surface area contributed by atoms with Crippen LogP contribution in [0.3, 0.4) is 0 Å². The van der Waals surface area contributed by atoms with Crippen molar-refractivity contribution in [2.75, 3.05) is 0 Å². The zero-order valence-electron chi connectivity index (χ0n) is 16.8. The van der Waals surface area contributed by atoms with Crippen LogP contribution in [-0.4, -0.2) is 31.5 Å². The number of hydrogen-bond acceptors (Lipinski definition) is 5. The van der Waals surface area contributed by atoms with Crippen LogP contribution in [0.1, 0.15) is 39.1 Å². The number of amides is 1. The Morgan fingerprint density at radius 2 is 2.04 bits per heavy atom. The van der Waals surface area contributed by atoms with Crippen LogP contribution in [0.4, 0.5) is 0 Å². The molecule has 2 atom stereocenters. The van der Waals surface area contributed by atoms with Gasteiger partial charge in [-0.2, -0.15) is 5.26 Å². The van der Waals surface area contributed by atoms with Gasteiger partial charge in [-0.3, -0.25) is 4.79 Å².